The van der Waals surface area contributed by atoms with Crippen molar-refractivity contribution in [3.05, 3.63) is 39.9 Å². The van der Waals surface area contributed by atoms with E-state index >= 15 is 0 Å². The second-order valence-electron chi connectivity index (χ2n) is 2.41. The molecule has 0 aromatic rings. The maximum Gasteiger partial charge on any atom is 0 e. The molecule has 0 N–H and O–H groups in total. The van der Waals surface area contributed by atoms with Gasteiger partial charge < -0.3 is 0 Å². The van der Waals surface area contributed by atoms with E-state index in [0.29, 0.717) is 0 Å². The van der Waals surface area contributed by atoms with Crippen molar-refractivity contribution in [3.63, 3.8) is 0 Å². The molecule has 0 aromatic carbocycles. The van der Waals surface area contributed by atoms with Gasteiger partial charge in [-0.3, -0.25) is 0 Å². The van der Waals surface area contributed by atoms with Crippen LogP contribution in [0, 0.1) is 39.9 Å². The molecule has 0 rings (SSSR count). The van der Waals surface area contributed by atoms with Gasteiger partial charge in [0.25, 0.3) is 0 Å². The molecule has 8 heteroatoms. The Hall–Kier alpha value is -0.547. The average Bonchev–Trinajstić information content (AvgIpc) is 2.62. The van der Waals surface area contributed by atoms with Crippen LogP contribution in [0.4, 0.5) is 0 Å². The normalized spacial score (nSPS) is 4.09. The molecular weight excluding hydrogens is 382 g/mol. The van der Waals surface area contributed by atoms with E-state index in [1.807, 2.05) is 0 Å². The third-order valence-electron chi connectivity index (χ3n) is 1.46. The molecule has 0 aromatic heterocycles. The summed E-state index contributed by atoms with van der Waals surface area (Å²) in [6, 6.07) is 0. The summed E-state index contributed by atoms with van der Waals surface area (Å²) in [5, 5.41) is 0. The Labute approximate surface area is 153 Å². The minimum atomic E-state index is 0. The summed E-state index contributed by atoms with van der Waals surface area (Å²) in [6.45, 7) is 31.5. The largest absolute Gasteiger partial charge is 0 e. The first kappa shape index (κ1) is 57.9. The Balaban J connectivity index is -0.0000000149. The second-order valence-corrected chi connectivity index (χ2v) is 2.41. The third-order valence-corrected chi connectivity index (χ3v) is 1.46. The summed E-state index contributed by atoms with van der Waals surface area (Å²) in [6.07, 6.45) is 8.49. The first-order chi connectivity index (χ1) is 9.91. The molecule has 0 spiro atoms. The summed E-state index contributed by atoms with van der Waals surface area (Å²) < 4.78 is 45.0. The number of rotatable bonds is 5. The van der Waals surface area contributed by atoms with E-state index in [2.05, 4.69) is 53.7 Å². The molecule has 0 heterocycles. The Morgan fingerprint density at radius 2 is 0.545 bits per heavy atom. The zero-order valence-electron chi connectivity index (χ0n) is 12.4. The molecular formula is C14H18Co2O6. The molecule has 0 aliphatic rings. The van der Waals surface area contributed by atoms with E-state index in [-0.39, 0.29) is 33.6 Å². The number of hydrogen-bond acceptors (Lipinski definition) is 0. The van der Waals surface area contributed by atoms with Crippen molar-refractivity contribution < 1.29 is 61.5 Å². The fraction of sp³-hybridized carbons (Fsp3) is 0.571. The zero-order chi connectivity index (χ0) is 18.2. The zero-order valence-corrected chi connectivity index (χ0v) is 14.4. The van der Waals surface area contributed by atoms with Crippen molar-refractivity contribution in [3.8, 4) is 0 Å². The van der Waals surface area contributed by atoms with Gasteiger partial charge in [0.15, 0.2) is 0 Å². The van der Waals surface area contributed by atoms with Crippen LogP contribution in [0.25, 0.3) is 0 Å². The standard InChI is InChI=1S/C8H18.6CO.2Co/c1-3-5-7-8-6-4-2;6*1-2;;/h3-8H2,1-2H3;;;;;;;;. The molecule has 22 heavy (non-hydrogen) atoms. The van der Waals surface area contributed by atoms with E-state index in [0.717, 1.165) is 0 Å². The Bertz CT molecular complexity index is 166. The molecule has 2 radical (unpaired) electrons. The molecule has 0 aliphatic heterocycles. The predicted octanol–water partition coefficient (Wildman–Crippen LogP) is 3.14. The fourth-order valence-corrected chi connectivity index (χ4v) is 0.854. The van der Waals surface area contributed by atoms with Gasteiger partial charge in [-0.05, 0) is 0 Å². The van der Waals surface area contributed by atoms with Crippen molar-refractivity contribution >= 4 is 0 Å². The van der Waals surface area contributed by atoms with E-state index in [1.165, 1.54) is 38.5 Å². The van der Waals surface area contributed by atoms with Crippen LogP contribution < -0.4 is 0 Å². The van der Waals surface area contributed by atoms with Gasteiger partial charge in [0.1, 0.15) is 0 Å². The molecule has 0 saturated heterocycles. The van der Waals surface area contributed by atoms with Crippen molar-refractivity contribution in [1.29, 1.82) is 0 Å². The van der Waals surface area contributed by atoms with Crippen LogP contribution in [0.2, 0.25) is 0 Å². The fourth-order valence-electron chi connectivity index (χ4n) is 0.854. The van der Waals surface area contributed by atoms with Crippen molar-refractivity contribution in [1.82, 2.24) is 0 Å². The summed E-state index contributed by atoms with van der Waals surface area (Å²) in [5.74, 6) is 0. The van der Waals surface area contributed by atoms with Crippen LogP contribution in [0.15, 0.2) is 0 Å². The average molecular weight is 400 g/mol. The van der Waals surface area contributed by atoms with E-state index in [9.17, 15) is 0 Å². The Kier molecular flexibility index (Phi) is 685. The van der Waals surface area contributed by atoms with Gasteiger partial charge in [-0.1, -0.05) is 52.4 Å². The van der Waals surface area contributed by atoms with Gasteiger partial charge >= 0.3 is 67.8 Å². The molecule has 0 fully saturated rings. The van der Waals surface area contributed by atoms with Gasteiger partial charge in [-0.2, -0.15) is 0 Å². The summed E-state index contributed by atoms with van der Waals surface area (Å²) in [7, 11) is 0. The molecule has 0 bridgehead atoms. The third kappa shape index (κ3) is 334. The van der Waals surface area contributed by atoms with Crippen LogP contribution in [0.1, 0.15) is 52.4 Å². The molecule has 0 aliphatic carbocycles. The Morgan fingerprint density at radius 3 is 0.636 bits per heavy atom. The van der Waals surface area contributed by atoms with Gasteiger partial charge in [0.2, 0.25) is 0 Å². The smallest absolute Gasteiger partial charge is 0 e. The maximum absolute atomic E-state index is 7.50. The second kappa shape index (κ2) is 260. The summed E-state index contributed by atoms with van der Waals surface area (Å²) in [4.78, 5) is 0. The van der Waals surface area contributed by atoms with Crippen LogP contribution in [0.5, 0.6) is 0 Å². The van der Waals surface area contributed by atoms with Gasteiger partial charge in [-0.25, -0.2) is 0 Å². The number of unbranched alkanes of at least 4 members (excludes halogenated alkanes) is 5. The van der Waals surface area contributed by atoms with Gasteiger partial charge in [0.05, 0.1) is 0 Å². The molecule has 0 saturated carbocycles. The Morgan fingerprint density at radius 1 is 0.409 bits per heavy atom. The quantitative estimate of drug-likeness (QED) is 0.383. The van der Waals surface area contributed by atoms with Gasteiger partial charge in [-0.15, -0.1) is 0 Å². The molecule has 128 valence electrons. The van der Waals surface area contributed by atoms with Crippen molar-refractivity contribution in [2.24, 2.45) is 0 Å². The van der Waals surface area contributed by atoms with Crippen LogP contribution in [-0.4, -0.2) is 0 Å². The van der Waals surface area contributed by atoms with Crippen LogP contribution in [0.3, 0.4) is 0 Å². The van der Waals surface area contributed by atoms with E-state index in [4.69, 9.17) is 27.9 Å². The minimum Gasteiger partial charge on any atom is 0 e. The maximum atomic E-state index is 7.50. The SMILES string of the molecule is CCCCCCCC.[C-]#[O+].[C-]#[O+].[C-]#[O+].[C-]#[O+].[C-]#[O+].[C-]#[O+].[Co].[Co]. The molecule has 6 nitrogen and oxygen atoms in total. The predicted molar refractivity (Wildman–Crippen MR) is 62.6 cm³/mol. The van der Waals surface area contributed by atoms with Crippen LogP contribution >= 0.6 is 0 Å². The molecule has 0 atom stereocenters. The summed E-state index contributed by atoms with van der Waals surface area (Å²) in [5.41, 5.74) is 0. The molecule has 0 unspecified atom stereocenters. The number of hydrogen-bond donors (Lipinski definition) is 0. The van der Waals surface area contributed by atoms with E-state index in [1.54, 1.807) is 0 Å². The first-order valence-corrected chi connectivity index (χ1v) is 5.14. The van der Waals surface area contributed by atoms with Gasteiger partial charge in [0, 0.05) is 33.6 Å². The van der Waals surface area contributed by atoms with Crippen molar-refractivity contribution in [2.45, 2.75) is 52.4 Å². The monoisotopic (exact) mass is 400 g/mol. The van der Waals surface area contributed by atoms with Crippen LogP contribution in [-0.2, 0) is 61.5 Å². The van der Waals surface area contributed by atoms with E-state index < -0.39 is 0 Å². The topological polar surface area (TPSA) is 119 Å². The summed E-state index contributed by atoms with van der Waals surface area (Å²) >= 11 is 0. The van der Waals surface area contributed by atoms with Crippen molar-refractivity contribution in [2.75, 3.05) is 0 Å². The minimum absolute atomic E-state index is 0. The molecule has 0 amide bonds. The first-order valence-electron chi connectivity index (χ1n) is 5.14.